The van der Waals surface area contributed by atoms with E-state index in [9.17, 15) is 4.79 Å². The van der Waals surface area contributed by atoms with E-state index in [1.165, 1.54) is 0 Å². The van der Waals surface area contributed by atoms with Gasteiger partial charge in [-0.25, -0.2) is 0 Å². The summed E-state index contributed by atoms with van der Waals surface area (Å²) in [6.07, 6.45) is 3.21. The minimum Gasteiger partial charge on any atom is -0.334 e. The first-order valence-corrected chi connectivity index (χ1v) is 8.18. The largest absolute Gasteiger partial charge is 0.334 e. The van der Waals surface area contributed by atoms with E-state index < -0.39 is 5.79 Å². The van der Waals surface area contributed by atoms with Crippen LogP contribution in [0.2, 0.25) is 0 Å². The average Bonchev–Trinajstić information content (AvgIpc) is 2.88. The lowest BCUT2D eigenvalue weighted by atomic mass is 10.1. The Balaban J connectivity index is 2.03. The van der Waals surface area contributed by atoms with Crippen LogP contribution in [0.1, 0.15) is 11.1 Å². The van der Waals surface area contributed by atoms with Crippen molar-refractivity contribution in [1.82, 2.24) is 0 Å². The normalized spacial score (nSPS) is 15.0. The molecule has 0 N–H and O–H groups in total. The van der Waals surface area contributed by atoms with Crippen LogP contribution < -0.4 is 4.90 Å². The molecular formula is C21H21NO3. The highest BCUT2D eigenvalue weighted by Crippen LogP contribution is 2.44. The quantitative estimate of drug-likeness (QED) is 0.544. The molecule has 1 aliphatic heterocycles. The maximum absolute atomic E-state index is 13.3. The van der Waals surface area contributed by atoms with Gasteiger partial charge in [0.05, 0.1) is 25.4 Å². The molecule has 1 aliphatic rings. The molecule has 4 heteroatoms. The van der Waals surface area contributed by atoms with Crippen molar-refractivity contribution >= 4 is 11.6 Å². The smallest absolute Gasteiger partial charge is 0.292 e. The van der Waals surface area contributed by atoms with Crippen molar-refractivity contribution < 1.29 is 14.3 Å². The monoisotopic (exact) mass is 335 g/mol. The molecule has 1 amide bonds. The Bertz CT molecular complexity index is 758. The zero-order valence-corrected chi connectivity index (χ0v) is 14.1. The molecule has 0 fully saturated rings. The van der Waals surface area contributed by atoms with Crippen LogP contribution in [0.15, 0.2) is 79.9 Å². The predicted octanol–water partition coefficient (Wildman–Crippen LogP) is 3.79. The number of amides is 1. The molecule has 0 unspecified atom stereocenters. The summed E-state index contributed by atoms with van der Waals surface area (Å²) >= 11 is 0. The Hall–Kier alpha value is -2.69. The Morgan fingerprint density at radius 2 is 1.52 bits per heavy atom. The maximum atomic E-state index is 13.3. The fourth-order valence-electron chi connectivity index (χ4n) is 2.99. The second-order valence-electron chi connectivity index (χ2n) is 5.71. The van der Waals surface area contributed by atoms with Crippen LogP contribution in [0.4, 0.5) is 5.69 Å². The molecule has 2 aromatic carbocycles. The molecule has 0 spiro atoms. The fourth-order valence-corrected chi connectivity index (χ4v) is 2.99. The molecule has 0 aromatic heterocycles. The summed E-state index contributed by atoms with van der Waals surface area (Å²) in [5.41, 5.74) is 2.54. The number of para-hydroxylation sites is 1. The number of fused-ring (bicyclic) bond motifs is 1. The molecule has 0 bridgehead atoms. The number of rotatable bonds is 8. The molecule has 3 rings (SSSR count). The van der Waals surface area contributed by atoms with Gasteiger partial charge >= 0.3 is 0 Å². The van der Waals surface area contributed by atoms with Gasteiger partial charge in [0, 0.05) is 5.56 Å². The number of nitrogens with zero attached hydrogens (tertiary/aromatic N) is 1. The summed E-state index contributed by atoms with van der Waals surface area (Å²) < 4.78 is 11.7. The van der Waals surface area contributed by atoms with Gasteiger partial charge in [-0.1, -0.05) is 60.7 Å². The van der Waals surface area contributed by atoms with E-state index in [1.54, 1.807) is 17.1 Å². The second-order valence-corrected chi connectivity index (χ2v) is 5.71. The first-order valence-electron chi connectivity index (χ1n) is 8.18. The average molecular weight is 335 g/mol. The molecule has 0 atom stereocenters. The van der Waals surface area contributed by atoms with Crippen molar-refractivity contribution in [1.29, 1.82) is 0 Å². The van der Waals surface area contributed by atoms with Crippen molar-refractivity contribution in [2.75, 3.05) is 18.1 Å². The SMILES string of the molecule is C=CCOC1(OCC=C)C(=O)N(Cc2ccccc2)c2ccccc21. The van der Waals surface area contributed by atoms with Crippen LogP contribution in [0.25, 0.3) is 0 Å². The lowest BCUT2D eigenvalue weighted by Gasteiger charge is -2.28. The highest BCUT2D eigenvalue weighted by molar-refractivity contribution is 6.06. The molecule has 1 heterocycles. The maximum Gasteiger partial charge on any atom is 0.292 e. The van der Waals surface area contributed by atoms with Crippen LogP contribution in [0.5, 0.6) is 0 Å². The van der Waals surface area contributed by atoms with Crippen molar-refractivity contribution in [2.24, 2.45) is 0 Å². The summed E-state index contributed by atoms with van der Waals surface area (Å²) in [7, 11) is 0. The topological polar surface area (TPSA) is 38.8 Å². The Morgan fingerprint density at radius 1 is 0.920 bits per heavy atom. The minimum atomic E-state index is -1.46. The van der Waals surface area contributed by atoms with Gasteiger partial charge in [-0.15, -0.1) is 13.2 Å². The summed E-state index contributed by atoms with van der Waals surface area (Å²) in [5, 5.41) is 0. The van der Waals surface area contributed by atoms with Gasteiger partial charge in [0.1, 0.15) is 0 Å². The van der Waals surface area contributed by atoms with Crippen LogP contribution in [0.3, 0.4) is 0 Å². The minimum absolute atomic E-state index is 0.205. The Labute approximate surface area is 148 Å². The third kappa shape index (κ3) is 3.14. The third-order valence-corrected chi connectivity index (χ3v) is 4.07. The fraction of sp³-hybridized carbons (Fsp3) is 0.190. The Morgan fingerprint density at radius 3 is 2.16 bits per heavy atom. The highest BCUT2D eigenvalue weighted by Gasteiger charge is 2.53. The van der Waals surface area contributed by atoms with Crippen molar-refractivity contribution in [3.8, 4) is 0 Å². The van der Waals surface area contributed by atoms with Crippen LogP contribution in [0, 0.1) is 0 Å². The van der Waals surface area contributed by atoms with Crippen LogP contribution in [-0.2, 0) is 26.6 Å². The van der Waals surface area contributed by atoms with E-state index in [0.717, 1.165) is 11.3 Å². The van der Waals surface area contributed by atoms with Gasteiger partial charge in [0.25, 0.3) is 11.7 Å². The van der Waals surface area contributed by atoms with E-state index in [-0.39, 0.29) is 19.1 Å². The number of carbonyl (C=O) groups is 1. The number of carbonyl (C=O) groups excluding carboxylic acids is 1. The van der Waals surface area contributed by atoms with E-state index in [4.69, 9.17) is 9.47 Å². The molecule has 0 radical (unpaired) electrons. The summed E-state index contributed by atoms with van der Waals surface area (Å²) in [4.78, 5) is 15.0. The lowest BCUT2D eigenvalue weighted by molar-refractivity contribution is -0.223. The van der Waals surface area contributed by atoms with Gasteiger partial charge < -0.3 is 14.4 Å². The van der Waals surface area contributed by atoms with Crippen LogP contribution >= 0.6 is 0 Å². The number of ether oxygens (including phenoxy) is 2. The summed E-state index contributed by atoms with van der Waals surface area (Å²) in [6.45, 7) is 8.21. The van der Waals surface area contributed by atoms with Crippen molar-refractivity contribution in [3.63, 3.8) is 0 Å². The first kappa shape index (κ1) is 17.1. The van der Waals surface area contributed by atoms with Gasteiger partial charge in [-0.3, -0.25) is 4.79 Å². The first-order chi connectivity index (χ1) is 12.2. The van der Waals surface area contributed by atoms with E-state index >= 15 is 0 Å². The molecule has 0 aliphatic carbocycles. The highest BCUT2D eigenvalue weighted by atomic mass is 16.7. The molecule has 4 nitrogen and oxygen atoms in total. The van der Waals surface area contributed by atoms with Crippen molar-refractivity contribution in [3.05, 3.63) is 91.0 Å². The Kier molecular flexibility index (Phi) is 5.12. The molecule has 0 saturated carbocycles. The molecule has 128 valence electrons. The summed E-state index contributed by atoms with van der Waals surface area (Å²) in [5.74, 6) is -1.70. The number of anilines is 1. The van der Waals surface area contributed by atoms with Gasteiger partial charge in [-0.05, 0) is 11.6 Å². The number of benzene rings is 2. The molecule has 0 saturated heterocycles. The number of hydrogen-bond acceptors (Lipinski definition) is 3. The summed E-state index contributed by atoms with van der Waals surface area (Å²) in [6, 6.07) is 17.4. The standard InChI is InChI=1S/C21H21NO3/c1-3-14-24-21(25-15-4-2)18-12-8-9-13-19(18)22(20(21)23)16-17-10-6-5-7-11-17/h3-13H,1-2,14-16H2. The second kappa shape index (κ2) is 7.47. The molecule has 2 aromatic rings. The van der Waals surface area contributed by atoms with Gasteiger partial charge in [0.2, 0.25) is 0 Å². The van der Waals surface area contributed by atoms with Crippen molar-refractivity contribution in [2.45, 2.75) is 12.3 Å². The van der Waals surface area contributed by atoms with E-state index in [2.05, 4.69) is 13.2 Å². The van der Waals surface area contributed by atoms with Gasteiger partial charge in [-0.2, -0.15) is 0 Å². The zero-order chi connectivity index (χ0) is 17.7. The predicted molar refractivity (Wildman–Crippen MR) is 98.1 cm³/mol. The van der Waals surface area contributed by atoms with Crippen LogP contribution in [-0.4, -0.2) is 19.1 Å². The number of hydrogen-bond donors (Lipinski definition) is 0. The van der Waals surface area contributed by atoms with E-state index in [0.29, 0.717) is 12.1 Å². The lowest BCUT2D eigenvalue weighted by Crippen LogP contribution is -2.44. The van der Waals surface area contributed by atoms with Gasteiger partial charge in [0.15, 0.2) is 0 Å². The molecular weight excluding hydrogens is 314 g/mol. The zero-order valence-electron chi connectivity index (χ0n) is 14.1. The molecule has 25 heavy (non-hydrogen) atoms. The van der Waals surface area contributed by atoms with E-state index in [1.807, 2.05) is 54.6 Å². The third-order valence-electron chi connectivity index (χ3n) is 4.07.